The van der Waals surface area contributed by atoms with E-state index < -0.39 is 0 Å². The molecule has 1 saturated heterocycles. The minimum Gasteiger partial charge on any atom is -0.494 e. The van der Waals surface area contributed by atoms with Crippen molar-refractivity contribution in [3.05, 3.63) is 35.7 Å². The minimum absolute atomic E-state index is 0.678. The second-order valence-electron chi connectivity index (χ2n) is 6.30. The first-order valence-electron chi connectivity index (χ1n) is 9.48. The molecule has 0 spiro atoms. The molecule has 0 atom stereocenters. The van der Waals surface area contributed by atoms with Gasteiger partial charge < -0.3 is 19.9 Å². The summed E-state index contributed by atoms with van der Waals surface area (Å²) in [6.07, 6.45) is 0.886. The van der Waals surface area contributed by atoms with Gasteiger partial charge in [0.05, 0.1) is 6.61 Å². The lowest BCUT2D eigenvalue weighted by Gasteiger charge is -2.36. The average molecular weight is 389 g/mol. The van der Waals surface area contributed by atoms with Crippen LogP contribution in [0.2, 0.25) is 0 Å². The van der Waals surface area contributed by atoms with Gasteiger partial charge in [-0.2, -0.15) is 4.37 Å². The van der Waals surface area contributed by atoms with E-state index >= 15 is 0 Å². The minimum atomic E-state index is 0.678. The molecule has 7 nitrogen and oxygen atoms in total. The molecule has 1 aliphatic rings. The number of aliphatic imine (C=N–C) groups is 1. The number of nitrogens with zero attached hydrogens (tertiary/aromatic N) is 5. The lowest BCUT2D eigenvalue weighted by Crippen LogP contribution is -2.52. The number of ether oxygens (including phenoxy) is 1. The second-order valence-corrected chi connectivity index (χ2v) is 7.03. The van der Waals surface area contributed by atoms with Crippen molar-refractivity contribution in [3.8, 4) is 5.75 Å². The van der Waals surface area contributed by atoms with Crippen molar-refractivity contribution in [2.24, 2.45) is 4.99 Å². The standard InChI is InChI=1S/C19H28N6OS/c1-4-17-22-19(27-23-17)25-11-9-24(10-12-25)18(20-3)21-14-15-7-6-8-16(13-15)26-5-2/h6-8,13H,4-5,9-12,14H2,1-3H3,(H,20,21). The van der Waals surface area contributed by atoms with Crippen molar-refractivity contribution in [2.75, 3.05) is 44.7 Å². The first-order valence-corrected chi connectivity index (χ1v) is 10.3. The Morgan fingerprint density at radius 2 is 2.07 bits per heavy atom. The molecular formula is C19H28N6OS. The number of rotatable bonds is 6. The van der Waals surface area contributed by atoms with E-state index in [1.807, 2.05) is 26.1 Å². The van der Waals surface area contributed by atoms with E-state index in [2.05, 4.69) is 48.5 Å². The number of hydrogen-bond donors (Lipinski definition) is 1. The number of aryl methyl sites for hydroxylation is 1. The van der Waals surface area contributed by atoms with E-state index in [9.17, 15) is 0 Å². The lowest BCUT2D eigenvalue weighted by molar-refractivity contribution is 0.340. The quantitative estimate of drug-likeness (QED) is 0.606. The summed E-state index contributed by atoms with van der Waals surface area (Å²) >= 11 is 1.50. The topological polar surface area (TPSA) is 65.9 Å². The summed E-state index contributed by atoms with van der Waals surface area (Å²) in [5.74, 6) is 2.77. The first kappa shape index (κ1) is 19.4. The maximum absolute atomic E-state index is 5.58. The van der Waals surface area contributed by atoms with Crippen LogP contribution in [-0.4, -0.2) is 60.1 Å². The largest absolute Gasteiger partial charge is 0.494 e. The number of guanidine groups is 1. The molecule has 27 heavy (non-hydrogen) atoms. The van der Waals surface area contributed by atoms with Crippen molar-refractivity contribution < 1.29 is 4.74 Å². The number of nitrogens with one attached hydrogen (secondary N) is 1. The lowest BCUT2D eigenvalue weighted by atomic mass is 10.2. The van der Waals surface area contributed by atoms with Crippen molar-refractivity contribution in [1.82, 2.24) is 19.6 Å². The van der Waals surface area contributed by atoms with Crippen LogP contribution in [0.15, 0.2) is 29.3 Å². The summed E-state index contributed by atoms with van der Waals surface area (Å²) in [5.41, 5.74) is 1.18. The van der Waals surface area contributed by atoms with Crippen LogP contribution >= 0.6 is 11.5 Å². The van der Waals surface area contributed by atoms with Gasteiger partial charge in [-0.1, -0.05) is 19.1 Å². The van der Waals surface area contributed by atoms with Crippen LogP contribution in [0, 0.1) is 0 Å². The third kappa shape index (κ3) is 5.09. The monoisotopic (exact) mass is 388 g/mol. The molecule has 2 heterocycles. The van der Waals surface area contributed by atoms with Gasteiger partial charge >= 0.3 is 0 Å². The van der Waals surface area contributed by atoms with Gasteiger partial charge in [0, 0.05) is 57.7 Å². The molecule has 1 aromatic carbocycles. The van der Waals surface area contributed by atoms with Crippen LogP contribution in [0.25, 0.3) is 0 Å². The molecule has 0 aliphatic carbocycles. The normalized spacial score (nSPS) is 15.1. The fraction of sp³-hybridized carbons (Fsp3) is 0.526. The van der Waals surface area contributed by atoms with Crippen molar-refractivity contribution in [1.29, 1.82) is 0 Å². The van der Waals surface area contributed by atoms with Gasteiger partial charge in [-0.05, 0) is 24.6 Å². The van der Waals surface area contributed by atoms with Crippen molar-refractivity contribution >= 4 is 22.6 Å². The zero-order valence-corrected chi connectivity index (χ0v) is 17.1. The van der Waals surface area contributed by atoms with Crippen LogP contribution < -0.4 is 15.0 Å². The number of anilines is 1. The Morgan fingerprint density at radius 1 is 1.26 bits per heavy atom. The maximum atomic E-state index is 5.58. The third-order valence-corrected chi connectivity index (χ3v) is 5.31. The van der Waals surface area contributed by atoms with Gasteiger partial charge in [0.25, 0.3) is 0 Å². The smallest absolute Gasteiger partial charge is 0.205 e. The molecule has 3 rings (SSSR count). The van der Waals surface area contributed by atoms with Crippen molar-refractivity contribution in [3.63, 3.8) is 0 Å². The fourth-order valence-electron chi connectivity index (χ4n) is 3.05. The SMILES string of the molecule is CCOc1cccc(CNC(=NC)N2CCN(c3nc(CC)ns3)CC2)c1. The first-order chi connectivity index (χ1) is 13.2. The van der Waals surface area contributed by atoms with Crippen molar-refractivity contribution in [2.45, 2.75) is 26.8 Å². The molecule has 0 unspecified atom stereocenters. The number of piperazine rings is 1. The van der Waals surface area contributed by atoms with Crippen LogP contribution in [0.5, 0.6) is 5.75 Å². The van der Waals surface area contributed by atoms with Gasteiger partial charge in [0.15, 0.2) is 5.96 Å². The van der Waals surface area contributed by atoms with Gasteiger partial charge in [-0.15, -0.1) is 0 Å². The highest BCUT2D eigenvalue weighted by atomic mass is 32.1. The Bertz CT molecular complexity index is 754. The van der Waals surface area contributed by atoms with Gasteiger partial charge in [-0.3, -0.25) is 4.99 Å². The molecule has 0 saturated carbocycles. The molecule has 0 bridgehead atoms. The Hall–Kier alpha value is -2.35. The van der Waals surface area contributed by atoms with Gasteiger partial charge in [0.1, 0.15) is 11.6 Å². The molecule has 8 heteroatoms. The zero-order valence-electron chi connectivity index (χ0n) is 16.3. The molecule has 146 valence electrons. The predicted octanol–water partition coefficient (Wildman–Crippen LogP) is 2.40. The van der Waals surface area contributed by atoms with E-state index in [0.717, 1.165) is 61.8 Å². The highest BCUT2D eigenvalue weighted by Gasteiger charge is 2.21. The molecule has 1 N–H and O–H groups in total. The summed E-state index contributed by atoms with van der Waals surface area (Å²) in [4.78, 5) is 13.7. The van der Waals surface area contributed by atoms with Crippen LogP contribution in [0.3, 0.4) is 0 Å². The second kappa shape index (κ2) is 9.55. The van der Waals surface area contributed by atoms with Crippen LogP contribution in [-0.2, 0) is 13.0 Å². The molecular weight excluding hydrogens is 360 g/mol. The van der Waals surface area contributed by atoms with E-state index in [1.165, 1.54) is 17.1 Å². The highest BCUT2D eigenvalue weighted by Crippen LogP contribution is 2.19. The van der Waals surface area contributed by atoms with E-state index in [1.54, 1.807) is 0 Å². The van der Waals surface area contributed by atoms with Crippen LogP contribution in [0.4, 0.5) is 5.13 Å². The van der Waals surface area contributed by atoms with Gasteiger partial charge in [0.2, 0.25) is 5.13 Å². The number of aromatic nitrogens is 2. The number of hydrogen-bond acceptors (Lipinski definition) is 6. The molecule has 1 fully saturated rings. The predicted molar refractivity (Wildman–Crippen MR) is 111 cm³/mol. The molecule has 1 aliphatic heterocycles. The maximum Gasteiger partial charge on any atom is 0.205 e. The molecule has 0 radical (unpaired) electrons. The molecule has 2 aromatic rings. The fourth-order valence-corrected chi connectivity index (χ4v) is 3.85. The van der Waals surface area contributed by atoms with E-state index in [0.29, 0.717) is 6.61 Å². The van der Waals surface area contributed by atoms with E-state index in [4.69, 9.17) is 4.74 Å². The van der Waals surface area contributed by atoms with Gasteiger partial charge in [-0.25, -0.2) is 4.98 Å². The zero-order chi connectivity index (χ0) is 19.1. The summed E-state index contributed by atoms with van der Waals surface area (Å²) in [6, 6.07) is 8.18. The average Bonchev–Trinajstić information content (AvgIpc) is 3.19. The summed E-state index contributed by atoms with van der Waals surface area (Å²) in [5, 5.41) is 4.50. The Balaban J connectivity index is 1.52. The Kier molecular flexibility index (Phi) is 6.86. The Morgan fingerprint density at radius 3 is 2.74 bits per heavy atom. The van der Waals surface area contributed by atoms with E-state index in [-0.39, 0.29) is 0 Å². The molecule has 1 aromatic heterocycles. The highest BCUT2D eigenvalue weighted by molar-refractivity contribution is 7.09. The van der Waals surface area contributed by atoms with Crippen LogP contribution in [0.1, 0.15) is 25.2 Å². The Labute approximate surface area is 165 Å². The number of benzene rings is 1. The third-order valence-electron chi connectivity index (χ3n) is 4.50. The summed E-state index contributed by atoms with van der Waals surface area (Å²) < 4.78 is 9.97. The summed E-state index contributed by atoms with van der Waals surface area (Å²) in [7, 11) is 1.84. The summed E-state index contributed by atoms with van der Waals surface area (Å²) in [6.45, 7) is 9.18. The molecule has 0 amide bonds.